The molecule has 2 rings (SSSR count). The van der Waals surface area contributed by atoms with Crippen LogP contribution >= 0.6 is 0 Å². The molecule has 4 heteroatoms. The summed E-state index contributed by atoms with van der Waals surface area (Å²) < 4.78 is 7.06. The second kappa shape index (κ2) is 6.31. The number of hydrogen-bond acceptors (Lipinski definition) is 3. The molecule has 0 radical (unpaired) electrons. The molecule has 0 amide bonds. The summed E-state index contributed by atoms with van der Waals surface area (Å²) in [6.45, 7) is 6.03. The zero-order chi connectivity index (χ0) is 15.5. The molecular weight excluding hydrogens is 264 g/mol. The molecule has 0 fully saturated rings. The zero-order valence-corrected chi connectivity index (χ0v) is 13.2. The van der Waals surface area contributed by atoms with Gasteiger partial charge in [-0.05, 0) is 44.5 Å². The van der Waals surface area contributed by atoms with E-state index >= 15 is 0 Å². The fourth-order valence-electron chi connectivity index (χ4n) is 2.40. The first-order valence-electron chi connectivity index (χ1n) is 7.29. The van der Waals surface area contributed by atoms with Gasteiger partial charge >= 0.3 is 0 Å². The highest BCUT2D eigenvalue weighted by Crippen LogP contribution is 2.20. The quantitative estimate of drug-likeness (QED) is 0.889. The van der Waals surface area contributed by atoms with Crippen molar-refractivity contribution in [3.05, 3.63) is 47.8 Å². The minimum Gasteiger partial charge on any atom is -0.497 e. The van der Waals surface area contributed by atoms with E-state index in [2.05, 4.69) is 18.9 Å². The Labute approximate surface area is 126 Å². The Morgan fingerprint density at radius 2 is 1.86 bits per heavy atom. The van der Waals surface area contributed by atoms with Gasteiger partial charge in [0.15, 0.2) is 0 Å². The van der Waals surface area contributed by atoms with Crippen molar-refractivity contribution >= 4 is 0 Å². The highest BCUT2D eigenvalue weighted by Gasteiger charge is 2.23. The molecule has 0 spiro atoms. The first kappa shape index (κ1) is 15.6. The molecule has 1 atom stereocenters. The van der Waals surface area contributed by atoms with E-state index in [4.69, 9.17) is 4.74 Å². The number of rotatable bonds is 6. The van der Waals surface area contributed by atoms with Crippen molar-refractivity contribution in [2.45, 2.75) is 45.3 Å². The number of methoxy groups -OCH3 is 1. The Morgan fingerprint density at radius 1 is 1.19 bits per heavy atom. The fourth-order valence-corrected chi connectivity index (χ4v) is 2.40. The minimum absolute atomic E-state index is 0.338. The van der Waals surface area contributed by atoms with E-state index in [1.807, 2.05) is 48.1 Å². The van der Waals surface area contributed by atoms with E-state index in [1.54, 1.807) is 7.11 Å². The van der Waals surface area contributed by atoms with Crippen LogP contribution in [0.15, 0.2) is 36.5 Å². The number of hydrogen-bond donors (Lipinski definition) is 1. The van der Waals surface area contributed by atoms with Crippen molar-refractivity contribution in [2.75, 3.05) is 7.11 Å². The molecule has 1 aromatic heterocycles. The van der Waals surface area contributed by atoms with Crippen molar-refractivity contribution in [1.82, 2.24) is 9.78 Å². The lowest BCUT2D eigenvalue weighted by Gasteiger charge is -2.22. The van der Waals surface area contributed by atoms with Crippen molar-refractivity contribution in [1.29, 1.82) is 0 Å². The fraction of sp³-hybridized carbons (Fsp3) is 0.471. The van der Waals surface area contributed by atoms with Gasteiger partial charge in [-0.15, -0.1) is 0 Å². The number of nitrogens with zero attached hydrogens (tertiary/aromatic N) is 2. The Morgan fingerprint density at radius 3 is 2.38 bits per heavy atom. The van der Waals surface area contributed by atoms with E-state index in [-0.39, 0.29) is 0 Å². The van der Waals surface area contributed by atoms with Gasteiger partial charge in [-0.3, -0.25) is 4.68 Å². The van der Waals surface area contributed by atoms with Crippen LogP contribution < -0.4 is 4.74 Å². The molecule has 0 bridgehead atoms. The largest absolute Gasteiger partial charge is 0.497 e. The summed E-state index contributed by atoms with van der Waals surface area (Å²) in [5.74, 6) is 0.828. The average Bonchev–Trinajstić information content (AvgIpc) is 2.87. The second-order valence-corrected chi connectivity index (χ2v) is 6.08. The molecule has 2 aromatic rings. The molecule has 1 unspecified atom stereocenters. The van der Waals surface area contributed by atoms with Crippen molar-refractivity contribution in [2.24, 2.45) is 0 Å². The normalized spacial score (nSPS) is 14.2. The molecule has 1 N–H and O–H groups in total. The predicted octanol–water partition coefficient (Wildman–Crippen LogP) is 3.01. The summed E-state index contributed by atoms with van der Waals surface area (Å²) in [6.07, 6.45) is 3.09. The maximum absolute atomic E-state index is 10.6. The monoisotopic (exact) mass is 288 g/mol. The van der Waals surface area contributed by atoms with Crippen molar-refractivity contribution < 1.29 is 9.84 Å². The lowest BCUT2D eigenvalue weighted by Crippen LogP contribution is -2.30. The lowest BCUT2D eigenvalue weighted by atomic mass is 9.92. The number of benzene rings is 1. The van der Waals surface area contributed by atoms with E-state index < -0.39 is 5.60 Å². The Bertz CT molecular complexity index is 571. The third-order valence-corrected chi connectivity index (χ3v) is 3.50. The molecular formula is C17H24N2O2. The van der Waals surface area contributed by atoms with E-state index in [0.29, 0.717) is 18.9 Å². The summed E-state index contributed by atoms with van der Waals surface area (Å²) in [7, 11) is 1.65. The van der Waals surface area contributed by atoms with E-state index in [9.17, 15) is 5.11 Å². The maximum Gasteiger partial charge on any atom is 0.118 e. The highest BCUT2D eigenvalue weighted by molar-refractivity contribution is 5.28. The Kier molecular flexibility index (Phi) is 4.68. The van der Waals surface area contributed by atoms with Crippen LogP contribution in [0.1, 0.15) is 38.1 Å². The molecule has 0 aliphatic carbocycles. The van der Waals surface area contributed by atoms with Crippen LogP contribution in [-0.2, 0) is 12.8 Å². The lowest BCUT2D eigenvalue weighted by molar-refractivity contribution is 0.0596. The van der Waals surface area contributed by atoms with Gasteiger partial charge in [0.05, 0.1) is 18.4 Å². The van der Waals surface area contributed by atoms with Gasteiger partial charge in [-0.2, -0.15) is 5.10 Å². The van der Waals surface area contributed by atoms with Crippen LogP contribution in [0, 0.1) is 0 Å². The Hall–Kier alpha value is -1.81. The van der Waals surface area contributed by atoms with Crippen LogP contribution in [0.4, 0.5) is 0 Å². The number of aliphatic hydroxyl groups is 1. The summed E-state index contributed by atoms with van der Waals surface area (Å²) in [6, 6.07) is 10.1. The summed E-state index contributed by atoms with van der Waals surface area (Å²) in [5, 5.41) is 15.1. The second-order valence-electron chi connectivity index (χ2n) is 6.08. The molecule has 1 heterocycles. The minimum atomic E-state index is -0.815. The molecule has 0 saturated heterocycles. The van der Waals surface area contributed by atoms with Gasteiger partial charge in [-0.1, -0.05) is 12.1 Å². The van der Waals surface area contributed by atoms with Crippen LogP contribution in [0.3, 0.4) is 0 Å². The maximum atomic E-state index is 10.6. The van der Waals surface area contributed by atoms with Gasteiger partial charge in [-0.25, -0.2) is 0 Å². The smallest absolute Gasteiger partial charge is 0.118 e. The number of ether oxygens (including phenoxy) is 1. The third-order valence-electron chi connectivity index (χ3n) is 3.50. The third kappa shape index (κ3) is 4.33. The van der Waals surface area contributed by atoms with Crippen LogP contribution in [0.2, 0.25) is 0 Å². The highest BCUT2D eigenvalue weighted by atomic mass is 16.5. The van der Waals surface area contributed by atoms with Gasteiger partial charge in [0, 0.05) is 25.1 Å². The van der Waals surface area contributed by atoms with E-state index in [1.165, 1.54) is 0 Å². The summed E-state index contributed by atoms with van der Waals surface area (Å²) in [5.41, 5.74) is 1.19. The molecule has 0 aliphatic rings. The van der Waals surface area contributed by atoms with Crippen LogP contribution in [0.5, 0.6) is 5.75 Å². The van der Waals surface area contributed by atoms with Gasteiger partial charge in [0.25, 0.3) is 0 Å². The standard InChI is InChI=1S/C17H24N2O2/c1-13(2)19-10-9-15(18-19)12-17(3,20)11-14-5-7-16(21-4)8-6-14/h5-10,13,20H,11-12H2,1-4H3. The van der Waals surface area contributed by atoms with Gasteiger partial charge < -0.3 is 9.84 Å². The summed E-state index contributed by atoms with van der Waals surface area (Å²) >= 11 is 0. The SMILES string of the molecule is COc1ccc(CC(C)(O)Cc2ccn(C(C)C)n2)cc1. The zero-order valence-electron chi connectivity index (χ0n) is 13.2. The van der Waals surface area contributed by atoms with Crippen LogP contribution in [-0.4, -0.2) is 27.6 Å². The van der Waals surface area contributed by atoms with Crippen molar-refractivity contribution in [3.63, 3.8) is 0 Å². The first-order chi connectivity index (χ1) is 9.89. The molecule has 114 valence electrons. The van der Waals surface area contributed by atoms with E-state index in [0.717, 1.165) is 17.0 Å². The number of aromatic nitrogens is 2. The van der Waals surface area contributed by atoms with Gasteiger partial charge in [0.1, 0.15) is 5.75 Å². The summed E-state index contributed by atoms with van der Waals surface area (Å²) in [4.78, 5) is 0. The van der Waals surface area contributed by atoms with Crippen molar-refractivity contribution in [3.8, 4) is 5.75 Å². The topological polar surface area (TPSA) is 47.3 Å². The molecule has 1 aromatic carbocycles. The average molecular weight is 288 g/mol. The van der Waals surface area contributed by atoms with Crippen LogP contribution in [0.25, 0.3) is 0 Å². The predicted molar refractivity (Wildman–Crippen MR) is 83.6 cm³/mol. The van der Waals surface area contributed by atoms with Gasteiger partial charge in [0.2, 0.25) is 0 Å². The molecule has 0 saturated carbocycles. The Balaban J connectivity index is 2.02. The molecule has 0 aliphatic heterocycles. The first-order valence-corrected chi connectivity index (χ1v) is 7.29. The molecule has 21 heavy (non-hydrogen) atoms. The molecule has 4 nitrogen and oxygen atoms in total.